The normalized spacial score (nSPS) is 10.8. The predicted molar refractivity (Wildman–Crippen MR) is 93.3 cm³/mol. The molecule has 0 saturated carbocycles. The molecule has 112 valence electrons. The van der Waals surface area contributed by atoms with Crippen LogP contribution in [-0.4, -0.2) is 19.9 Å². The summed E-state index contributed by atoms with van der Waals surface area (Å²) in [4.78, 5) is 18.7. The van der Waals surface area contributed by atoms with Crippen LogP contribution in [-0.2, 0) is 0 Å². The highest BCUT2D eigenvalue weighted by Gasteiger charge is 2.09. The van der Waals surface area contributed by atoms with E-state index < -0.39 is 0 Å². The van der Waals surface area contributed by atoms with Crippen LogP contribution in [0, 0.1) is 0 Å². The van der Waals surface area contributed by atoms with Crippen molar-refractivity contribution in [3.05, 3.63) is 60.4 Å². The molecule has 0 atom stereocenters. The summed E-state index contributed by atoms with van der Waals surface area (Å²) in [6, 6.07) is 14.1. The minimum absolute atomic E-state index is 0.667. The standard InChI is InChI=1S/C16H11N5S2/c1-2-4-11(5-3-1)23-13-7-6-12-14(20-13)15(19-10-18-12)21-16-17-8-9-22-16/h1-10H,(H,17,18,19,21). The van der Waals surface area contributed by atoms with Gasteiger partial charge in [0.05, 0.1) is 5.52 Å². The van der Waals surface area contributed by atoms with Gasteiger partial charge >= 0.3 is 0 Å². The van der Waals surface area contributed by atoms with Crippen LogP contribution < -0.4 is 5.32 Å². The molecule has 4 rings (SSSR count). The number of nitrogens with zero attached hydrogens (tertiary/aromatic N) is 4. The molecule has 0 amide bonds. The molecule has 3 heterocycles. The number of benzene rings is 1. The Balaban J connectivity index is 1.71. The highest BCUT2D eigenvalue weighted by Crippen LogP contribution is 2.29. The van der Waals surface area contributed by atoms with Gasteiger partial charge in [-0.25, -0.2) is 19.9 Å². The molecule has 0 aliphatic heterocycles. The SMILES string of the molecule is c1ccc(Sc2ccc3ncnc(Nc4nccs4)c3n2)cc1. The quantitative estimate of drug-likeness (QED) is 0.596. The Morgan fingerprint density at radius 2 is 1.87 bits per heavy atom. The van der Waals surface area contributed by atoms with E-state index in [1.807, 2.05) is 35.7 Å². The number of thiazole rings is 1. The molecular weight excluding hydrogens is 326 g/mol. The summed E-state index contributed by atoms with van der Waals surface area (Å²) in [6.07, 6.45) is 3.28. The molecule has 3 aromatic heterocycles. The molecule has 0 spiro atoms. The lowest BCUT2D eigenvalue weighted by Gasteiger charge is -2.06. The second-order valence-corrected chi connectivity index (χ2v) is 6.61. The number of nitrogens with one attached hydrogen (secondary N) is 1. The van der Waals surface area contributed by atoms with Gasteiger partial charge in [-0.15, -0.1) is 11.3 Å². The number of rotatable bonds is 4. The Morgan fingerprint density at radius 1 is 0.957 bits per heavy atom. The molecule has 5 nitrogen and oxygen atoms in total. The van der Waals surface area contributed by atoms with Crippen molar-refractivity contribution >= 4 is 45.1 Å². The van der Waals surface area contributed by atoms with E-state index in [2.05, 4.69) is 32.4 Å². The third-order valence-corrected chi connectivity index (χ3v) is 4.71. The summed E-state index contributed by atoms with van der Waals surface area (Å²) in [5.41, 5.74) is 1.54. The molecule has 23 heavy (non-hydrogen) atoms. The number of pyridine rings is 1. The van der Waals surface area contributed by atoms with Crippen LogP contribution in [0.15, 0.2) is 70.3 Å². The zero-order valence-electron chi connectivity index (χ0n) is 11.9. The van der Waals surface area contributed by atoms with Gasteiger partial charge in [-0.05, 0) is 24.3 Å². The van der Waals surface area contributed by atoms with E-state index in [-0.39, 0.29) is 0 Å². The highest BCUT2D eigenvalue weighted by molar-refractivity contribution is 7.99. The number of fused-ring (bicyclic) bond motifs is 1. The molecule has 0 aliphatic carbocycles. The van der Waals surface area contributed by atoms with E-state index in [0.717, 1.165) is 26.1 Å². The van der Waals surface area contributed by atoms with Crippen LogP contribution in [0.5, 0.6) is 0 Å². The van der Waals surface area contributed by atoms with E-state index in [1.54, 1.807) is 18.0 Å². The average molecular weight is 337 g/mol. The fraction of sp³-hybridized carbons (Fsp3) is 0. The van der Waals surface area contributed by atoms with Crippen LogP contribution >= 0.6 is 23.1 Å². The zero-order valence-corrected chi connectivity index (χ0v) is 13.5. The van der Waals surface area contributed by atoms with Crippen molar-refractivity contribution in [2.24, 2.45) is 0 Å². The second-order valence-electron chi connectivity index (χ2n) is 4.62. The molecule has 0 unspecified atom stereocenters. The summed E-state index contributed by atoms with van der Waals surface area (Å²) in [5.74, 6) is 0.667. The fourth-order valence-corrected chi connectivity index (χ4v) is 3.40. The van der Waals surface area contributed by atoms with Crippen molar-refractivity contribution in [2.75, 3.05) is 5.32 Å². The number of aromatic nitrogens is 4. The molecule has 4 aromatic rings. The van der Waals surface area contributed by atoms with Gasteiger partial charge in [-0.1, -0.05) is 30.0 Å². The van der Waals surface area contributed by atoms with Crippen molar-refractivity contribution in [3.63, 3.8) is 0 Å². The van der Waals surface area contributed by atoms with Gasteiger partial charge in [0.2, 0.25) is 0 Å². The van der Waals surface area contributed by atoms with E-state index in [9.17, 15) is 0 Å². The largest absolute Gasteiger partial charge is 0.314 e. The summed E-state index contributed by atoms with van der Waals surface area (Å²) in [7, 11) is 0. The Kier molecular flexibility index (Phi) is 3.87. The summed E-state index contributed by atoms with van der Waals surface area (Å²) < 4.78 is 0. The first-order chi connectivity index (χ1) is 11.4. The number of hydrogen-bond donors (Lipinski definition) is 1. The maximum absolute atomic E-state index is 4.70. The van der Waals surface area contributed by atoms with Gasteiger partial charge < -0.3 is 5.32 Å². The number of anilines is 2. The molecule has 0 saturated heterocycles. The molecule has 0 bridgehead atoms. The average Bonchev–Trinajstić information content (AvgIpc) is 3.09. The molecule has 0 radical (unpaired) electrons. The second kappa shape index (κ2) is 6.31. The van der Waals surface area contributed by atoms with Gasteiger partial charge in [0.15, 0.2) is 10.9 Å². The lowest BCUT2D eigenvalue weighted by atomic mass is 10.3. The minimum Gasteiger partial charge on any atom is -0.314 e. The van der Waals surface area contributed by atoms with E-state index in [4.69, 9.17) is 4.98 Å². The summed E-state index contributed by atoms with van der Waals surface area (Å²) in [6.45, 7) is 0. The van der Waals surface area contributed by atoms with Crippen molar-refractivity contribution in [1.82, 2.24) is 19.9 Å². The van der Waals surface area contributed by atoms with Crippen LogP contribution in [0.2, 0.25) is 0 Å². The van der Waals surface area contributed by atoms with Gasteiger partial charge in [-0.3, -0.25) is 0 Å². The Labute approximate surface area is 140 Å². The molecule has 7 heteroatoms. The topological polar surface area (TPSA) is 63.6 Å². The van der Waals surface area contributed by atoms with Crippen molar-refractivity contribution in [3.8, 4) is 0 Å². The van der Waals surface area contributed by atoms with Crippen LogP contribution in [0.1, 0.15) is 0 Å². The maximum Gasteiger partial charge on any atom is 0.188 e. The van der Waals surface area contributed by atoms with E-state index in [0.29, 0.717) is 5.82 Å². The van der Waals surface area contributed by atoms with Crippen molar-refractivity contribution < 1.29 is 0 Å². The minimum atomic E-state index is 0.667. The molecule has 1 aromatic carbocycles. The Morgan fingerprint density at radius 3 is 2.70 bits per heavy atom. The van der Waals surface area contributed by atoms with Crippen molar-refractivity contribution in [2.45, 2.75) is 9.92 Å². The van der Waals surface area contributed by atoms with Gasteiger partial charge in [0.1, 0.15) is 16.9 Å². The molecular formula is C16H11N5S2. The highest BCUT2D eigenvalue weighted by atomic mass is 32.2. The monoisotopic (exact) mass is 337 g/mol. The van der Waals surface area contributed by atoms with Gasteiger partial charge in [0.25, 0.3) is 0 Å². The maximum atomic E-state index is 4.70. The fourth-order valence-electron chi connectivity index (χ4n) is 2.07. The third kappa shape index (κ3) is 3.15. The van der Waals surface area contributed by atoms with Crippen LogP contribution in [0.4, 0.5) is 10.9 Å². The smallest absolute Gasteiger partial charge is 0.188 e. The predicted octanol–water partition coefficient (Wildman–Crippen LogP) is 4.38. The number of hydrogen-bond acceptors (Lipinski definition) is 7. The van der Waals surface area contributed by atoms with Crippen molar-refractivity contribution in [1.29, 1.82) is 0 Å². The molecule has 0 fully saturated rings. The van der Waals surface area contributed by atoms with E-state index >= 15 is 0 Å². The lowest BCUT2D eigenvalue weighted by Crippen LogP contribution is -1.97. The van der Waals surface area contributed by atoms with Crippen LogP contribution in [0.3, 0.4) is 0 Å². The first kappa shape index (κ1) is 14.1. The van der Waals surface area contributed by atoms with Gasteiger partial charge in [0, 0.05) is 16.5 Å². The Hall–Kier alpha value is -2.51. The third-order valence-electron chi connectivity index (χ3n) is 3.08. The summed E-state index contributed by atoms with van der Waals surface area (Å²) in [5, 5.41) is 6.80. The first-order valence-corrected chi connectivity index (χ1v) is 8.59. The first-order valence-electron chi connectivity index (χ1n) is 6.90. The van der Waals surface area contributed by atoms with E-state index in [1.165, 1.54) is 17.7 Å². The van der Waals surface area contributed by atoms with Gasteiger partial charge in [-0.2, -0.15) is 0 Å². The zero-order chi connectivity index (χ0) is 15.5. The lowest BCUT2D eigenvalue weighted by molar-refractivity contribution is 1.13. The summed E-state index contributed by atoms with van der Waals surface area (Å²) >= 11 is 3.13. The van der Waals surface area contributed by atoms with Crippen LogP contribution in [0.25, 0.3) is 11.0 Å². The Bertz CT molecular complexity index is 926. The molecule has 0 aliphatic rings. The molecule has 1 N–H and O–H groups in total.